The van der Waals surface area contributed by atoms with Gasteiger partial charge < -0.3 is 14.8 Å². The Hall–Kier alpha value is -2.41. The van der Waals surface area contributed by atoms with Crippen LogP contribution in [0.1, 0.15) is 5.56 Å². The predicted molar refractivity (Wildman–Crippen MR) is 78.4 cm³/mol. The molecule has 3 rings (SSSR count). The van der Waals surface area contributed by atoms with Crippen LogP contribution in [0.5, 0.6) is 5.75 Å². The molecule has 0 saturated heterocycles. The summed E-state index contributed by atoms with van der Waals surface area (Å²) in [6.07, 6.45) is -3.15. The first-order valence-corrected chi connectivity index (χ1v) is 7.12. The van der Waals surface area contributed by atoms with Gasteiger partial charge in [0.1, 0.15) is 12.0 Å². The first kappa shape index (κ1) is 14.5. The number of alkyl halides is 3. The van der Waals surface area contributed by atoms with Crippen molar-refractivity contribution in [2.24, 2.45) is 0 Å². The largest absolute Gasteiger partial charge is 0.503 e. The van der Waals surface area contributed by atoms with Crippen molar-refractivity contribution in [1.29, 1.82) is 0 Å². The van der Waals surface area contributed by atoms with Gasteiger partial charge in [-0.25, -0.2) is 0 Å². The van der Waals surface area contributed by atoms with E-state index in [1.807, 2.05) is 11.4 Å². The van der Waals surface area contributed by atoms with E-state index >= 15 is 0 Å². The van der Waals surface area contributed by atoms with Crippen LogP contribution in [0.3, 0.4) is 0 Å². The summed E-state index contributed by atoms with van der Waals surface area (Å²) in [6, 6.07) is 8.31. The van der Waals surface area contributed by atoms with Crippen LogP contribution in [0.15, 0.2) is 52.5 Å². The molecule has 0 spiro atoms. The van der Waals surface area contributed by atoms with Crippen LogP contribution in [0.2, 0.25) is 0 Å². The molecule has 0 unspecified atom stereocenters. The Labute approximate surface area is 127 Å². The van der Waals surface area contributed by atoms with Crippen LogP contribution >= 0.6 is 11.3 Å². The number of hydrogen-bond donors (Lipinski definition) is 2. The molecule has 0 aliphatic heterocycles. The fourth-order valence-corrected chi connectivity index (χ4v) is 2.66. The van der Waals surface area contributed by atoms with Crippen molar-refractivity contribution in [3.05, 3.63) is 53.6 Å². The van der Waals surface area contributed by atoms with Gasteiger partial charge in [-0.05, 0) is 29.6 Å². The number of nitrogens with one attached hydrogen (secondary N) is 1. The van der Waals surface area contributed by atoms with E-state index in [-0.39, 0.29) is 22.9 Å². The van der Waals surface area contributed by atoms with Crippen molar-refractivity contribution in [3.63, 3.8) is 0 Å². The van der Waals surface area contributed by atoms with Crippen molar-refractivity contribution >= 4 is 22.7 Å². The summed E-state index contributed by atoms with van der Waals surface area (Å²) in [5, 5.41) is 14.7. The normalized spacial score (nSPS) is 11.6. The lowest BCUT2D eigenvalue weighted by Crippen LogP contribution is -2.05. The summed E-state index contributed by atoms with van der Waals surface area (Å²) >= 11 is 1.39. The van der Waals surface area contributed by atoms with Crippen molar-refractivity contribution in [2.45, 2.75) is 6.18 Å². The quantitative estimate of drug-likeness (QED) is 0.670. The fraction of sp³-hybridized carbons (Fsp3) is 0.0667. The Morgan fingerprint density at radius 1 is 1.14 bits per heavy atom. The molecular weight excluding hydrogens is 315 g/mol. The lowest BCUT2D eigenvalue weighted by Gasteiger charge is -2.09. The van der Waals surface area contributed by atoms with Crippen LogP contribution in [0, 0.1) is 0 Å². The fourth-order valence-electron chi connectivity index (χ4n) is 1.95. The molecule has 0 fully saturated rings. The van der Waals surface area contributed by atoms with E-state index in [0.29, 0.717) is 0 Å². The maximum atomic E-state index is 12.7. The Kier molecular flexibility index (Phi) is 3.58. The average molecular weight is 325 g/mol. The van der Waals surface area contributed by atoms with E-state index in [1.165, 1.54) is 29.7 Å². The molecule has 0 bridgehead atoms. The van der Waals surface area contributed by atoms with Crippen molar-refractivity contribution < 1.29 is 22.7 Å². The first-order chi connectivity index (χ1) is 10.4. The summed E-state index contributed by atoms with van der Waals surface area (Å²) in [5.74, 6) is 0.143. The molecule has 2 heterocycles. The molecule has 3 aromatic rings. The lowest BCUT2D eigenvalue weighted by molar-refractivity contribution is -0.137. The molecule has 3 nitrogen and oxygen atoms in total. The van der Waals surface area contributed by atoms with E-state index in [1.54, 1.807) is 6.07 Å². The van der Waals surface area contributed by atoms with Crippen molar-refractivity contribution in [3.8, 4) is 16.4 Å². The minimum atomic E-state index is -4.42. The molecule has 0 aliphatic rings. The molecule has 1 aromatic carbocycles. The molecule has 0 amide bonds. The van der Waals surface area contributed by atoms with Gasteiger partial charge in [0.25, 0.3) is 0 Å². The zero-order valence-corrected chi connectivity index (χ0v) is 11.8. The highest BCUT2D eigenvalue weighted by Gasteiger charge is 2.30. The SMILES string of the molecule is Oc1c(Nc2cccc(C(F)(F)F)c2)coc1-c1cccs1. The highest BCUT2D eigenvalue weighted by atomic mass is 32.1. The van der Waals surface area contributed by atoms with Gasteiger partial charge in [-0.2, -0.15) is 13.2 Å². The second-order valence-electron chi connectivity index (χ2n) is 4.51. The van der Waals surface area contributed by atoms with E-state index in [2.05, 4.69) is 5.32 Å². The van der Waals surface area contributed by atoms with Crippen LogP contribution in [0.4, 0.5) is 24.5 Å². The van der Waals surface area contributed by atoms with Crippen LogP contribution in [0.25, 0.3) is 10.6 Å². The first-order valence-electron chi connectivity index (χ1n) is 6.24. The van der Waals surface area contributed by atoms with Crippen molar-refractivity contribution in [1.82, 2.24) is 0 Å². The van der Waals surface area contributed by atoms with E-state index in [4.69, 9.17) is 4.42 Å². The predicted octanol–water partition coefficient (Wildman–Crippen LogP) is 5.48. The van der Waals surface area contributed by atoms with Crippen LogP contribution < -0.4 is 5.32 Å². The molecule has 7 heteroatoms. The van der Waals surface area contributed by atoms with E-state index < -0.39 is 11.7 Å². The number of rotatable bonds is 3. The number of furan rings is 1. The minimum absolute atomic E-state index is 0.139. The van der Waals surface area contributed by atoms with Gasteiger partial charge in [0.2, 0.25) is 0 Å². The van der Waals surface area contributed by atoms with Gasteiger partial charge >= 0.3 is 6.18 Å². The molecular formula is C15H10F3NO2S. The number of hydrogen-bond acceptors (Lipinski definition) is 4. The Balaban J connectivity index is 1.88. The molecule has 0 atom stereocenters. The average Bonchev–Trinajstić information content (AvgIpc) is 3.09. The van der Waals surface area contributed by atoms with Crippen LogP contribution in [-0.4, -0.2) is 5.11 Å². The molecule has 22 heavy (non-hydrogen) atoms. The molecule has 2 N–H and O–H groups in total. The van der Waals surface area contributed by atoms with Gasteiger partial charge in [0, 0.05) is 5.69 Å². The van der Waals surface area contributed by atoms with E-state index in [0.717, 1.165) is 17.0 Å². The topological polar surface area (TPSA) is 45.4 Å². The van der Waals surface area contributed by atoms with Gasteiger partial charge in [-0.3, -0.25) is 0 Å². The monoisotopic (exact) mass is 325 g/mol. The number of thiophene rings is 1. The van der Waals surface area contributed by atoms with Gasteiger partial charge in [0.05, 0.1) is 10.4 Å². The van der Waals surface area contributed by atoms with Gasteiger partial charge in [-0.15, -0.1) is 11.3 Å². The highest BCUT2D eigenvalue weighted by molar-refractivity contribution is 7.13. The third-order valence-electron chi connectivity index (χ3n) is 2.98. The summed E-state index contributed by atoms with van der Waals surface area (Å²) < 4.78 is 43.3. The number of benzene rings is 1. The smallest absolute Gasteiger partial charge is 0.416 e. The van der Waals surface area contributed by atoms with Gasteiger partial charge in [0.15, 0.2) is 11.5 Å². The zero-order chi connectivity index (χ0) is 15.7. The highest BCUT2D eigenvalue weighted by Crippen LogP contribution is 2.41. The Bertz CT molecular complexity index is 778. The third kappa shape index (κ3) is 2.80. The third-order valence-corrected chi connectivity index (χ3v) is 3.85. The minimum Gasteiger partial charge on any atom is -0.503 e. The standard InChI is InChI=1S/C15H10F3NO2S/c16-15(17,18)9-3-1-4-10(7-9)19-11-8-21-14(13(11)20)12-5-2-6-22-12/h1-8,19-20H. The lowest BCUT2D eigenvalue weighted by atomic mass is 10.2. The Morgan fingerprint density at radius 3 is 2.64 bits per heavy atom. The number of halogens is 3. The summed E-state index contributed by atoms with van der Waals surface area (Å²) in [5.41, 5.74) is -0.342. The van der Waals surface area contributed by atoms with Crippen LogP contribution in [-0.2, 0) is 6.18 Å². The maximum Gasteiger partial charge on any atom is 0.416 e. The van der Waals surface area contributed by atoms with Crippen molar-refractivity contribution in [2.75, 3.05) is 5.32 Å². The summed E-state index contributed by atoms with van der Waals surface area (Å²) in [6.45, 7) is 0. The number of anilines is 2. The molecule has 2 aromatic heterocycles. The molecule has 0 saturated carbocycles. The zero-order valence-electron chi connectivity index (χ0n) is 11.0. The molecule has 114 valence electrons. The second kappa shape index (κ2) is 5.42. The summed E-state index contributed by atoms with van der Waals surface area (Å²) in [7, 11) is 0. The Morgan fingerprint density at radius 2 is 1.95 bits per heavy atom. The maximum absolute atomic E-state index is 12.7. The summed E-state index contributed by atoms with van der Waals surface area (Å²) in [4.78, 5) is 0.731. The number of aromatic hydroxyl groups is 1. The molecule has 0 aliphatic carbocycles. The van der Waals surface area contributed by atoms with Gasteiger partial charge in [-0.1, -0.05) is 12.1 Å². The molecule has 0 radical (unpaired) electrons. The second-order valence-corrected chi connectivity index (χ2v) is 5.46. The van der Waals surface area contributed by atoms with E-state index in [9.17, 15) is 18.3 Å².